The van der Waals surface area contributed by atoms with Crippen LogP contribution in [-0.2, 0) is 66.5 Å². The molecule has 0 saturated carbocycles. The van der Waals surface area contributed by atoms with E-state index in [0.29, 0.717) is 0 Å². The minimum Gasteiger partial charge on any atom is -0.463 e. The number of esters is 4. The lowest BCUT2D eigenvalue weighted by Crippen LogP contribution is -2.61. The first-order valence-corrected chi connectivity index (χ1v) is 13.8. The Morgan fingerprint density at radius 1 is 0.674 bits per heavy atom. The Morgan fingerprint density at radius 2 is 1.26 bits per heavy atom. The third-order valence-corrected chi connectivity index (χ3v) is 6.74. The summed E-state index contributed by atoms with van der Waals surface area (Å²) in [6, 6.07) is 2.53. The van der Waals surface area contributed by atoms with Crippen molar-refractivity contribution in [1.82, 2.24) is 0 Å². The van der Waals surface area contributed by atoms with Gasteiger partial charge in [0.05, 0.1) is 12.6 Å². The Hall–Kier alpha value is -2.98. The number of hydrogen-bond donors (Lipinski definition) is 0. The molecule has 4 heterocycles. The van der Waals surface area contributed by atoms with E-state index in [2.05, 4.69) is 16.0 Å². The highest BCUT2D eigenvalue weighted by Crippen LogP contribution is 2.44. The molecule has 4 aliphatic heterocycles. The Bertz CT molecular complexity index is 1150. The average Bonchev–Trinajstić information content (AvgIpc) is 3.34. The second-order valence-corrected chi connectivity index (χ2v) is 11.4. The minimum atomic E-state index is -1.36. The van der Waals surface area contributed by atoms with E-state index in [0.717, 1.165) is 20.8 Å². The van der Waals surface area contributed by atoms with Gasteiger partial charge in [-0.25, -0.2) is 4.99 Å². The van der Waals surface area contributed by atoms with Crippen molar-refractivity contribution in [2.24, 2.45) is 9.98 Å². The van der Waals surface area contributed by atoms with Crippen LogP contribution >= 0.6 is 0 Å². The maximum absolute atomic E-state index is 12.0. The lowest BCUT2D eigenvalue weighted by Gasteiger charge is -2.43. The summed E-state index contributed by atoms with van der Waals surface area (Å²) in [5.41, 5.74) is 0. The molecule has 16 nitrogen and oxygen atoms in total. The molecule has 10 atom stereocenters. The molecule has 4 saturated heterocycles. The Morgan fingerprint density at radius 3 is 1.88 bits per heavy atom. The first-order valence-electron chi connectivity index (χ1n) is 13.8. The zero-order valence-electron chi connectivity index (χ0n) is 25.3. The van der Waals surface area contributed by atoms with Crippen molar-refractivity contribution in [3.63, 3.8) is 0 Å². The fraction of sp³-hybridized carbons (Fsp3) is 0.815. The van der Waals surface area contributed by atoms with E-state index < -0.39 is 96.8 Å². The summed E-state index contributed by atoms with van der Waals surface area (Å²) in [5.74, 6) is -4.67. The van der Waals surface area contributed by atoms with Crippen LogP contribution in [0.25, 0.3) is 0 Å². The van der Waals surface area contributed by atoms with E-state index in [-0.39, 0.29) is 13.2 Å². The van der Waals surface area contributed by atoms with Crippen LogP contribution in [0, 0.1) is 0 Å². The molecule has 0 unspecified atom stereocenters. The van der Waals surface area contributed by atoms with Crippen molar-refractivity contribution in [2.75, 3.05) is 13.2 Å². The summed E-state index contributed by atoms with van der Waals surface area (Å²) < 4.78 is 57.2. The molecular formula is C27H38N2O14. The summed E-state index contributed by atoms with van der Waals surface area (Å²) in [6.07, 6.45) is -9.22. The topological polar surface area (TPSA) is 185 Å². The molecule has 0 spiro atoms. The van der Waals surface area contributed by atoms with E-state index in [9.17, 15) is 19.2 Å². The lowest BCUT2D eigenvalue weighted by molar-refractivity contribution is -0.341. The summed E-state index contributed by atoms with van der Waals surface area (Å²) in [7, 11) is 0. The predicted octanol–water partition coefficient (Wildman–Crippen LogP) is 0.640. The van der Waals surface area contributed by atoms with Crippen LogP contribution in [0.15, 0.2) is 9.98 Å². The molecule has 0 bridgehead atoms. The zero-order valence-corrected chi connectivity index (χ0v) is 25.3. The van der Waals surface area contributed by atoms with E-state index in [1.54, 1.807) is 27.7 Å². The third kappa shape index (κ3) is 8.15. The Labute approximate surface area is 248 Å². The molecule has 0 aromatic carbocycles. The van der Waals surface area contributed by atoms with Gasteiger partial charge in [0.25, 0.3) is 0 Å². The molecule has 16 heteroatoms. The molecule has 4 fully saturated rings. The quantitative estimate of drug-likeness (QED) is 0.211. The summed E-state index contributed by atoms with van der Waals surface area (Å²) in [6.45, 7) is 11.3. The molecular weight excluding hydrogens is 576 g/mol. The summed E-state index contributed by atoms with van der Waals surface area (Å²) in [5, 5.41) is 0. The van der Waals surface area contributed by atoms with Crippen molar-refractivity contribution in [3.05, 3.63) is 0 Å². The van der Waals surface area contributed by atoms with Gasteiger partial charge < -0.3 is 47.4 Å². The van der Waals surface area contributed by atoms with Crippen molar-refractivity contribution < 1.29 is 66.5 Å². The third-order valence-electron chi connectivity index (χ3n) is 6.74. The normalized spacial score (nSPS) is 37.1. The second kappa shape index (κ2) is 12.9. The molecule has 0 amide bonds. The van der Waals surface area contributed by atoms with Crippen LogP contribution < -0.4 is 0 Å². The van der Waals surface area contributed by atoms with Crippen LogP contribution in [-0.4, -0.2) is 116 Å². The van der Waals surface area contributed by atoms with Gasteiger partial charge in [0, 0.05) is 27.7 Å². The molecule has 0 aromatic rings. The lowest BCUT2D eigenvalue weighted by atomic mass is 9.97. The maximum atomic E-state index is 12.0. The monoisotopic (exact) mass is 614 g/mol. The SMILES string of the molecule is CC(=O)OC[C@H]1O[C@@H](N=C=NC[C@H]2OC(C)(C)O[C@@H]3[C@H]4OC(C)(C)O[C@H]4O[C@@H]32)[C@H](OC(C)=O)[C@@H](OC(C)=O)[C@@H]1OC(C)=O. The molecule has 240 valence electrons. The standard InChI is InChI=1S/C27H38N2O14/c1-12(30)34-10-17-19(35-13(2)31)20(36-14(3)32)22(37-15(4)33)24(38-17)29-11-28-9-16-18-21(41-26(5,6)40-16)23-25(39-18)43-27(7,8)42-23/h16-25H,9-10H2,1-8H3/t16-,17-,18-,19-,20+,21+,22-,23-,24-,25-/m1/s1. The number of hydrogen-bond acceptors (Lipinski definition) is 16. The van der Waals surface area contributed by atoms with Crippen LogP contribution in [0.5, 0.6) is 0 Å². The van der Waals surface area contributed by atoms with Crippen LogP contribution in [0.3, 0.4) is 0 Å². The van der Waals surface area contributed by atoms with Gasteiger partial charge in [0.2, 0.25) is 0 Å². The number of carbonyl (C=O) groups excluding carboxylic acids is 4. The highest BCUT2D eigenvalue weighted by molar-refractivity contribution is 5.68. The summed E-state index contributed by atoms with van der Waals surface area (Å²) >= 11 is 0. The predicted molar refractivity (Wildman–Crippen MR) is 139 cm³/mol. The Kier molecular flexibility index (Phi) is 9.91. The molecule has 0 aromatic heterocycles. The highest BCUT2D eigenvalue weighted by atomic mass is 16.9. The van der Waals surface area contributed by atoms with Gasteiger partial charge in [-0.05, 0) is 27.7 Å². The van der Waals surface area contributed by atoms with Crippen LogP contribution in [0.4, 0.5) is 0 Å². The molecule has 0 aliphatic carbocycles. The van der Waals surface area contributed by atoms with Gasteiger partial charge in [-0.3, -0.25) is 19.2 Å². The molecule has 43 heavy (non-hydrogen) atoms. The minimum absolute atomic E-state index is 0.0333. The second-order valence-electron chi connectivity index (χ2n) is 11.4. The van der Waals surface area contributed by atoms with E-state index in [4.69, 9.17) is 47.4 Å². The number of ether oxygens (including phenoxy) is 10. The number of aliphatic imine (C=N–C) groups is 2. The maximum Gasteiger partial charge on any atom is 0.303 e. The molecule has 4 rings (SSSR count). The first kappa shape index (κ1) is 32.9. The van der Waals surface area contributed by atoms with Gasteiger partial charge in [0.15, 0.2) is 42.4 Å². The zero-order chi connectivity index (χ0) is 31.7. The molecule has 0 radical (unpaired) electrons. The van der Waals surface area contributed by atoms with Crippen molar-refractivity contribution >= 4 is 29.9 Å². The van der Waals surface area contributed by atoms with Crippen molar-refractivity contribution in [1.29, 1.82) is 0 Å². The number of fused-ring (bicyclic) bond motifs is 3. The van der Waals surface area contributed by atoms with Gasteiger partial charge >= 0.3 is 23.9 Å². The van der Waals surface area contributed by atoms with Crippen molar-refractivity contribution in [3.8, 4) is 0 Å². The van der Waals surface area contributed by atoms with Crippen molar-refractivity contribution in [2.45, 2.75) is 128 Å². The number of carbonyl (C=O) groups is 4. The van der Waals surface area contributed by atoms with E-state index in [1.165, 1.54) is 6.92 Å². The smallest absolute Gasteiger partial charge is 0.303 e. The van der Waals surface area contributed by atoms with Gasteiger partial charge in [0.1, 0.15) is 37.1 Å². The van der Waals surface area contributed by atoms with Gasteiger partial charge in [-0.1, -0.05) is 0 Å². The van der Waals surface area contributed by atoms with E-state index in [1.807, 2.05) is 0 Å². The Balaban J connectivity index is 1.56. The van der Waals surface area contributed by atoms with Gasteiger partial charge in [-0.15, -0.1) is 0 Å². The van der Waals surface area contributed by atoms with Crippen LogP contribution in [0.2, 0.25) is 0 Å². The van der Waals surface area contributed by atoms with Gasteiger partial charge in [-0.2, -0.15) is 4.99 Å². The fourth-order valence-corrected chi connectivity index (χ4v) is 5.40. The number of nitrogens with zero attached hydrogens (tertiary/aromatic N) is 2. The average molecular weight is 615 g/mol. The van der Waals surface area contributed by atoms with E-state index >= 15 is 0 Å². The van der Waals surface area contributed by atoms with Crippen LogP contribution in [0.1, 0.15) is 55.4 Å². The molecule has 4 aliphatic rings. The largest absolute Gasteiger partial charge is 0.463 e. The fourth-order valence-electron chi connectivity index (χ4n) is 5.40. The number of rotatable bonds is 8. The first-order chi connectivity index (χ1) is 20.0. The molecule has 0 N–H and O–H groups in total. The summed E-state index contributed by atoms with van der Waals surface area (Å²) in [4.78, 5) is 55.8. The highest BCUT2D eigenvalue weighted by Gasteiger charge is 2.61.